The number of benzene rings is 1. The molecule has 1 saturated heterocycles. The molecule has 4 nitrogen and oxygen atoms in total. The highest BCUT2D eigenvalue weighted by molar-refractivity contribution is 6.30. The summed E-state index contributed by atoms with van der Waals surface area (Å²) in [5.74, 6) is 0.522. The van der Waals surface area contributed by atoms with E-state index in [0.29, 0.717) is 24.0 Å². The molecule has 0 unspecified atom stereocenters. The molecule has 1 aromatic carbocycles. The van der Waals surface area contributed by atoms with Crippen LogP contribution < -0.4 is 4.74 Å². The highest BCUT2D eigenvalue weighted by Crippen LogP contribution is 2.18. The van der Waals surface area contributed by atoms with Crippen molar-refractivity contribution >= 4 is 23.6 Å². The Labute approximate surface area is 134 Å². The maximum absolute atomic E-state index is 12.0. The van der Waals surface area contributed by atoms with Crippen LogP contribution in [0, 0.1) is 0 Å². The normalized spacial score (nSPS) is 14.9. The molecule has 0 saturated carbocycles. The summed E-state index contributed by atoms with van der Waals surface area (Å²) >= 11 is 5.77. The second-order valence-corrected chi connectivity index (χ2v) is 5.48. The van der Waals surface area contributed by atoms with Crippen molar-refractivity contribution in [1.29, 1.82) is 0 Å². The van der Waals surface area contributed by atoms with E-state index in [1.54, 1.807) is 29.3 Å². The van der Waals surface area contributed by atoms with Crippen molar-refractivity contribution in [1.82, 2.24) is 9.88 Å². The van der Waals surface area contributed by atoms with Crippen LogP contribution >= 0.6 is 11.6 Å². The van der Waals surface area contributed by atoms with Gasteiger partial charge in [-0.25, -0.2) is 4.98 Å². The van der Waals surface area contributed by atoms with Gasteiger partial charge >= 0.3 is 0 Å². The molecule has 112 valence electrons. The first-order chi connectivity index (χ1) is 10.7. The molecule has 1 aliphatic heterocycles. The van der Waals surface area contributed by atoms with E-state index in [1.807, 2.05) is 36.4 Å². The SMILES string of the molecule is O=C(/C=C/c1ccccc1)N1CC(Oc2ccc(Cl)cn2)C1. The van der Waals surface area contributed by atoms with Crippen LogP contribution in [0.2, 0.25) is 5.02 Å². The van der Waals surface area contributed by atoms with Crippen molar-refractivity contribution in [3.8, 4) is 5.88 Å². The number of ether oxygens (including phenoxy) is 1. The van der Waals surface area contributed by atoms with E-state index >= 15 is 0 Å². The lowest BCUT2D eigenvalue weighted by molar-refractivity contribution is -0.134. The van der Waals surface area contributed by atoms with Gasteiger partial charge in [-0.2, -0.15) is 0 Å². The van der Waals surface area contributed by atoms with Gasteiger partial charge in [-0.15, -0.1) is 0 Å². The number of hydrogen-bond acceptors (Lipinski definition) is 3. The zero-order valence-corrected chi connectivity index (χ0v) is 12.6. The van der Waals surface area contributed by atoms with Crippen LogP contribution in [0.25, 0.3) is 6.08 Å². The van der Waals surface area contributed by atoms with Crippen LogP contribution in [0.3, 0.4) is 0 Å². The lowest BCUT2D eigenvalue weighted by atomic mass is 10.1. The lowest BCUT2D eigenvalue weighted by Crippen LogP contribution is -2.55. The Bertz CT molecular complexity index is 665. The summed E-state index contributed by atoms with van der Waals surface area (Å²) in [4.78, 5) is 17.8. The number of pyridine rings is 1. The molecule has 1 fully saturated rings. The smallest absolute Gasteiger partial charge is 0.246 e. The third-order valence-corrected chi connectivity index (χ3v) is 3.59. The maximum atomic E-state index is 12.0. The Hall–Kier alpha value is -2.33. The molecule has 0 atom stereocenters. The molecule has 22 heavy (non-hydrogen) atoms. The van der Waals surface area contributed by atoms with Crippen LogP contribution in [0.4, 0.5) is 0 Å². The molecule has 3 rings (SSSR count). The summed E-state index contributed by atoms with van der Waals surface area (Å²) in [5, 5.41) is 0.573. The number of carbonyl (C=O) groups is 1. The summed E-state index contributed by atoms with van der Waals surface area (Å²) in [6, 6.07) is 13.2. The molecular formula is C17H15ClN2O2. The van der Waals surface area contributed by atoms with Crippen molar-refractivity contribution < 1.29 is 9.53 Å². The zero-order valence-electron chi connectivity index (χ0n) is 11.9. The van der Waals surface area contributed by atoms with E-state index in [-0.39, 0.29) is 12.0 Å². The zero-order chi connectivity index (χ0) is 15.4. The predicted molar refractivity (Wildman–Crippen MR) is 85.7 cm³/mol. The third kappa shape index (κ3) is 3.65. The second kappa shape index (κ2) is 6.62. The Morgan fingerprint density at radius 2 is 2.00 bits per heavy atom. The Morgan fingerprint density at radius 3 is 2.68 bits per heavy atom. The minimum atomic E-state index is -0.0113. The van der Waals surface area contributed by atoms with Crippen molar-refractivity contribution in [2.24, 2.45) is 0 Å². The predicted octanol–water partition coefficient (Wildman–Crippen LogP) is 3.04. The van der Waals surface area contributed by atoms with E-state index in [0.717, 1.165) is 5.56 Å². The Morgan fingerprint density at radius 1 is 1.23 bits per heavy atom. The van der Waals surface area contributed by atoms with E-state index in [4.69, 9.17) is 16.3 Å². The highest BCUT2D eigenvalue weighted by atomic mass is 35.5. The van der Waals surface area contributed by atoms with Crippen molar-refractivity contribution in [3.63, 3.8) is 0 Å². The molecule has 0 radical (unpaired) electrons. The fourth-order valence-corrected chi connectivity index (χ4v) is 2.24. The number of halogens is 1. The minimum Gasteiger partial charge on any atom is -0.471 e. The lowest BCUT2D eigenvalue weighted by Gasteiger charge is -2.38. The number of aromatic nitrogens is 1. The van der Waals surface area contributed by atoms with Crippen molar-refractivity contribution in [2.45, 2.75) is 6.10 Å². The van der Waals surface area contributed by atoms with Crippen LogP contribution in [0.5, 0.6) is 5.88 Å². The van der Waals surface area contributed by atoms with Gasteiger partial charge in [0.05, 0.1) is 18.1 Å². The quantitative estimate of drug-likeness (QED) is 0.815. The summed E-state index contributed by atoms with van der Waals surface area (Å²) in [6.45, 7) is 1.14. The molecule has 0 N–H and O–H groups in total. The summed E-state index contributed by atoms with van der Waals surface area (Å²) in [5.41, 5.74) is 1.01. The molecule has 2 aromatic rings. The molecule has 0 spiro atoms. The first-order valence-corrected chi connectivity index (χ1v) is 7.39. The first kappa shape index (κ1) is 14.6. The summed E-state index contributed by atoms with van der Waals surface area (Å²) in [7, 11) is 0. The summed E-state index contributed by atoms with van der Waals surface area (Å²) in [6.07, 6.45) is 4.94. The van der Waals surface area contributed by atoms with E-state index in [1.165, 1.54) is 0 Å². The topological polar surface area (TPSA) is 42.4 Å². The molecule has 1 aliphatic rings. The third-order valence-electron chi connectivity index (χ3n) is 3.37. The fraction of sp³-hybridized carbons (Fsp3) is 0.176. The van der Waals surface area contributed by atoms with Crippen LogP contribution in [0.1, 0.15) is 5.56 Å². The number of likely N-dealkylation sites (tertiary alicyclic amines) is 1. The first-order valence-electron chi connectivity index (χ1n) is 7.01. The van der Waals surface area contributed by atoms with Crippen LogP contribution in [0.15, 0.2) is 54.7 Å². The van der Waals surface area contributed by atoms with Gasteiger partial charge in [0.2, 0.25) is 11.8 Å². The highest BCUT2D eigenvalue weighted by Gasteiger charge is 2.31. The fourth-order valence-electron chi connectivity index (χ4n) is 2.13. The van der Waals surface area contributed by atoms with E-state index in [9.17, 15) is 4.79 Å². The molecule has 1 aromatic heterocycles. The van der Waals surface area contributed by atoms with Crippen molar-refractivity contribution in [2.75, 3.05) is 13.1 Å². The average Bonchev–Trinajstić information content (AvgIpc) is 2.51. The standard InChI is InChI=1S/C17H15ClN2O2/c18-14-7-8-16(19-10-14)22-15-11-20(12-15)17(21)9-6-13-4-2-1-3-5-13/h1-10,15H,11-12H2/b9-6+. The number of nitrogens with zero attached hydrogens (tertiary/aromatic N) is 2. The molecule has 1 amide bonds. The molecule has 5 heteroatoms. The number of carbonyl (C=O) groups excluding carboxylic acids is 1. The van der Waals surface area contributed by atoms with Gasteiger partial charge < -0.3 is 9.64 Å². The molecule has 0 aliphatic carbocycles. The second-order valence-electron chi connectivity index (χ2n) is 5.04. The van der Waals surface area contributed by atoms with Crippen LogP contribution in [-0.4, -0.2) is 35.0 Å². The minimum absolute atomic E-state index is 0.00670. The van der Waals surface area contributed by atoms with Gasteiger partial charge in [-0.1, -0.05) is 41.9 Å². The summed E-state index contributed by atoms with van der Waals surface area (Å²) < 4.78 is 5.66. The maximum Gasteiger partial charge on any atom is 0.246 e. The van der Waals surface area contributed by atoms with Gasteiger partial charge in [0.1, 0.15) is 6.10 Å². The Balaban J connectivity index is 1.47. The molecule has 0 bridgehead atoms. The molecule has 2 heterocycles. The average molecular weight is 315 g/mol. The number of rotatable bonds is 4. The number of amides is 1. The van der Waals surface area contributed by atoms with E-state index < -0.39 is 0 Å². The van der Waals surface area contributed by atoms with Gasteiger partial charge in [-0.05, 0) is 17.7 Å². The Kier molecular flexibility index (Phi) is 4.39. The van der Waals surface area contributed by atoms with Gasteiger partial charge in [-0.3, -0.25) is 4.79 Å². The van der Waals surface area contributed by atoms with Crippen LogP contribution in [-0.2, 0) is 4.79 Å². The van der Waals surface area contributed by atoms with Gasteiger partial charge in [0.25, 0.3) is 0 Å². The monoisotopic (exact) mass is 314 g/mol. The van der Waals surface area contributed by atoms with Gasteiger partial charge in [0.15, 0.2) is 0 Å². The largest absolute Gasteiger partial charge is 0.471 e. The molecular weight excluding hydrogens is 300 g/mol. The van der Waals surface area contributed by atoms with E-state index in [2.05, 4.69) is 4.98 Å². The van der Waals surface area contributed by atoms with Crippen molar-refractivity contribution in [3.05, 3.63) is 65.3 Å². The number of hydrogen-bond donors (Lipinski definition) is 0. The van der Waals surface area contributed by atoms with Gasteiger partial charge in [0, 0.05) is 18.3 Å².